The molecule has 112 valence electrons. The summed E-state index contributed by atoms with van der Waals surface area (Å²) in [6, 6.07) is 7.60. The molecule has 2 heterocycles. The molecule has 5 nitrogen and oxygen atoms in total. The Kier molecular flexibility index (Phi) is 3.28. The molecule has 22 heavy (non-hydrogen) atoms. The molecular formula is C14H8F3N3O2. The Morgan fingerprint density at radius 2 is 1.95 bits per heavy atom. The molecular weight excluding hydrogens is 299 g/mol. The highest BCUT2D eigenvalue weighted by molar-refractivity contribution is 5.56. The largest absolute Gasteiger partial charge is 0.446 e. The molecule has 0 saturated heterocycles. The van der Waals surface area contributed by atoms with Crippen molar-refractivity contribution in [1.82, 2.24) is 14.7 Å². The standard InChI is InChI=1S/C14H8F3N3O2/c15-14(16,17)10-4-1-5-11(7-10)20-12(19-22-13(20)21)9-3-2-6-18-8-9/h1-8H. The van der Waals surface area contributed by atoms with Gasteiger partial charge in [-0.15, -0.1) is 0 Å². The monoisotopic (exact) mass is 307 g/mol. The van der Waals surface area contributed by atoms with Crippen molar-refractivity contribution in [2.24, 2.45) is 0 Å². The second kappa shape index (κ2) is 5.14. The van der Waals surface area contributed by atoms with Crippen molar-refractivity contribution in [3.8, 4) is 17.1 Å². The quantitative estimate of drug-likeness (QED) is 0.730. The van der Waals surface area contributed by atoms with Gasteiger partial charge in [-0.3, -0.25) is 9.51 Å². The van der Waals surface area contributed by atoms with Crippen LogP contribution < -0.4 is 5.76 Å². The Bertz CT molecular complexity index is 854. The Balaban J connectivity index is 2.18. The van der Waals surface area contributed by atoms with E-state index in [1.54, 1.807) is 12.1 Å². The van der Waals surface area contributed by atoms with E-state index >= 15 is 0 Å². The van der Waals surface area contributed by atoms with Crippen LogP contribution in [-0.4, -0.2) is 14.7 Å². The highest BCUT2D eigenvalue weighted by Crippen LogP contribution is 2.30. The van der Waals surface area contributed by atoms with E-state index < -0.39 is 17.5 Å². The fourth-order valence-electron chi connectivity index (χ4n) is 1.98. The lowest BCUT2D eigenvalue weighted by molar-refractivity contribution is -0.137. The molecule has 0 fully saturated rings. The van der Waals surface area contributed by atoms with Crippen molar-refractivity contribution in [1.29, 1.82) is 0 Å². The summed E-state index contributed by atoms with van der Waals surface area (Å²) in [5, 5.41) is 3.61. The molecule has 0 aliphatic rings. The summed E-state index contributed by atoms with van der Waals surface area (Å²) in [5.41, 5.74) is -0.402. The van der Waals surface area contributed by atoms with Crippen molar-refractivity contribution in [3.63, 3.8) is 0 Å². The molecule has 3 aromatic rings. The zero-order valence-electron chi connectivity index (χ0n) is 10.9. The lowest BCUT2D eigenvalue weighted by Gasteiger charge is -2.09. The third-order valence-corrected chi connectivity index (χ3v) is 2.96. The Morgan fingerprint density at radius 1 is 1.14 bits per heavy atom. The number of aromatic nitrogens is 3. The van der Waals surface area contributed by atoms with Gasteiger partial charge in [0.1, 0.15) is 0 Å². The SMILES string of the molecule is O=c1onc(-c2cccnc2)n1-c1cccc(C(F)(F)F)c1. The van der Waals surface area contributed by atoms with Gasteiger partial charge < -0.3 is 0 Å². The second-order valence-corrected chi connectivity index (χ2v) is 4.40. The number of halogens is 3. The molecule has 0 aliphatic heterocycles. The number of rotatable bonds is 2. The van der Waals surface area contributed by atoms with Crippen molar-refractivity contribution in [3.05, 3.63) is 64.9 Å². The normalized spacial score (nSPS) is 11.6. The predicted octanol–water partition coefficient (Wildman–Crippen LogP) is 2.91. The first kappa shape index (κ1) is 14.1. The molecule has 0 atom stereocenters. The van der Waals surface area contributed by atoms with Gasteiger partial charge >= 0.3 is 11.9 Å². The molecule has 1 aromatic carbocycles. The summed E-state index contributed by atoms with van der Waals surface area (Å²) in [7, 11) is 0. The minimum absolute atomic E-state index is 0.0138. The Labute approximate surface area is 121 Å². The van der Waals surface area contributed by atoms with Crippen LogP contribution in [0.2, 0.25) is 0 Å². The highest BCUT2D eigenvalue weighted by Gasteiger charge is 2.31. The smallest absolute Gasteiger partial charge is 0.295 e. The van der Waals surface area contributed by atoms with Crippen molar-refractivity contribution in [2.45, 2.75) is 6.18 Å². The van der Waals surface area contributed by atoms with Crippen LogP contribution in [0.4, 0.5) is 13.2 Å². The predicted molar refractivity (Wildman–Crippen MR) is 70.3 cm³/mol. The lowest BCUT2D eigenvalue weighted by atomic mass is 10.2. The van der Waals surface area contributed by atoms with Crippen LogP contribution in [0.3, 0.4) is 0 Å². The second-order valence-electron chi connectivity index (χ2n) is 4.40. The average Bonchev–Trinajstić information content (AvgIpc) is 2.89. The number of alkyl halides is 3. The molecule has 8 heteroatoms. The zero-order chi connectivity index (χ0) is 15.7. The summed E-state index contributed by atoms with van der Waals surface area (Å²) in [6.45, 7) is 0. The number of pyridine rings is 1. The molecule has 0 amide bonds. The van der Waals surface area contributed by atoms with Gasteiger partial charge in [0.15, 0.2) is 5.82 Å². The molecule has 0 radical (unpaired) electrons. The number of hydrogen-bond acceptors (Lipinski definition) is 4. The molecule has 2 aromatic heterocycles. The third-order valence-electron chi connectivity index (χ3n) is 2.96. The van der Waals surface area contributed by atoms with E-state index in [-0.39, 0.29) is 11.5 Å². The fraction of sp³-hybridized carbons (Fsp3) is 0.0714. The molecule has 0 unspecified atom stereocenters. The topological polar surface area (TPSA) is 60.9 Å². The van der Waals surface area contributed by atoms with Gasteiger partial charge in [0, 0.05) is 18.0 Å². The fourth-order valence-corrected chi connectivity index (χ4v) is 1.98. The first-order valence-electron chi connectivity index (χ1n) is 6.13. The van der Waals surface area contributed by atoms with Gasteiger partial charge in [0.25, 0.3) is 0 Å². The van der Waals surface area contributed by atoms with Crippen molar-refractivity contribution >= 4 is 0 Å². The van der Waals surface area contributed by atoms with E-state index in [0.29, 0.717) is 5.56 Å². The minimum Gasteiger partial charge on any atom is -0.295 e. The lowest BCUT2D eigenvalue weighted by Crippen LogP contribution is -2.14. The average molecular weight is 307 g/mol. The number of nitrogens with zero attached hydrogens (tertiary/aromatic N) is 3. The van der Waals surface area contributed by atoms with Crippen molar-refractivity contribution < 1.29 is 17.7 Å². The summed E-state index contributed by atoms with van der Waals surface area (Å²) in [4.78, 5) is 15.7. The maximum atomic E-state index is 12.8. The van der Waals surface area contributed by atoms with E-state index in [1.165, 1.54) is 24.5 Å². The van der Waals surface area contributed by atoms with E-state index in [4.69, 9.17) is 0 Å². The van der Waals surface area contributed by atoms with Gasteiger partial charge in [-0.25, -0.2) is 9.36 Å². The van der Waals surface area contributed by atoms with E-state index in [2.05, 4.69) is 14.7 Å². The third kappa shape index (κ3) is 2.50. The van der Waals surface area contributed by atoms with Crippen LogP contribution in [0.15, 0.2) is 58.1 Å². The van der Waals surface area contributed by atoms with Gasteiger partial charge in [-0.1, -0.05) is 11.2 Å². The first-order valence-corrected chi connectivity index (χ1v) is 6.13. The van der Waals surface area contributed by atoms with Crippen LogP contribution in [0, 0.1) is 0 Å². The zero-order valence-corrected chi connectivity index (χ0v) is 10.9. The summed E-state index contributed by atoms with van der Waals surface area (Å²) >= 11 is 0. The maximum Gasteiger partial charge on any atom is 0.446 e. The first-order chi connectivity index (χ1) is 10.5. The Hall–Kier alpha value is -2.90. The molecule has 0 spiro atoms. The van der Waals surface area contributed by atoms with Gasteiger partial charge in [0.05, 0.1) is 11.3 Å². The molecule has 0 bridgehead atoms. The van der Waals surface area contributed by atoms with Crippen LogP contribution >= 0.6 is 0 Å². The van der Waals surface area contributed by atoms with Crippen molar-refractivity contribution in [2.75, 3.05) is 0 Å². The molecule has 0 N–H and O–H groups in total. The summed E-state index contributed by atoms with van der Waals surface area (Å²) in [6.07, 6.45) is -1.55. The van der Waals surface area contributed by atoms with Crippen LogP contribution in [0.25, 0.3) is 17.1 Å². The summed E-state index contributed by atoms with van der Waals surface area (Å²) in [5.74, 6) is -0.796. The van der Waals surface area contributed by atoms with Crippen LogP contribution in [0.5, 0.6) is 0 Å². The molecule has 3 rings (SSSR count). The van der Waals surface area contributed by atoms with Gasteiger partial charge in [-0.2, -0.15) is 13.2 Å². The van der Waals surface area contributed by atoms with Crippen LogP contribution in [-0.2, 0) is 6.18 Å². The summed E-state index contributed by atoms with van der Waals surface area (Å²) < 4.78 is 43.9. The van der Waals surface area contributed by atoms with E-state index in [0.717, 1.165) is 16.7 Å². The number of hydrogen-bond donors (Lipinski definition) is 0. The van der Waals surface area contributed by atoms with E-state index in [1.807, 2.05) is 0 Å². The van der Waals surface area contributed by atoms with E-state index in [9.17, 15) is 18.0 Å². The number of benzene rings is 1. The Morgan fingerprint density at radius 3 is 2.64 bits per heavy atom. The van der Waals surface area contributed by atoms with Gasteiger partial charge in [0.2, 0.25) is 0 Å². The molecule has 0 aliphatic carbocycles. The maximum absolute atomic E-state index is 12.8. The minimum atomic E-state index is -4.51. The van der Waals surface area contributed by atoms with Crippen LogP contribution in [0.1, 0.15) is 5.56 Å². The highest BCUT2D eigenvalue weighted by atomic mass is 19.4. The van der Waals surface area contributed by atoms with Gasteiger partial charge in [-0.05, 0) is 30.3 Å². The molecule has 0 saturated carbocycles.